The van der Waals surface area contributed by atoms with E-state index in [4.69, 9.17) is 16.3 Å². The maximum atomic E-state index is 6.12. The number of ether oxygens (including phenoxy) is 1. The summed E-state index contributed by atoms with van der Waals surface area (Å²) in [5.74, 6) is 2.23. The van der Waals surface area contributed by atoms with Crippen molar-refractivity contribution in [1.82, 2.24) is 9.55 Å². The first kappa shape index (κ1) is 13.4. The van der Waals surface area contributed by atoms with Crippen LogP contribution < -0.4 is 4.74 Å². The average molecular weight is 411 g/mol. The normalized spacial score (nSPS) is 17.0. The monoisotopic (exact) mass is 410 g/mol. The van der Waals surface area contributed by atoms with Gasteiger partial charge in [-0.3, -0.25) is 0 Å². The summed E-state index contributed by atoms with van der Waals surface area (Å²) < 4.78 is 9.20. The van der Waals surface area contributed by atoms with Crippen molar-refractivity contribution in [2.24, 2.45) is 0 Å². The van der Waals surface area contributed by atoms with Gasteiger partial charge >= 0.3 is 0 Å². The molecule has 3 aromatic rings. The fraction of sp³-hybridized carbons (Fsp3) is 0.188. The molecule has 2 aromatic carbocycles. The van der Waals surface area contributed by atoms with Gasteiger partial charge in [-0.15, -0.1) is 11.6 Å². The molecule has 5 heteroatoms. The summed E-state index contributed by atoms with van der Waals surface area (Å²) >= 11 is 8.43. The number of hydrogen-bond acceptors (Lipinski definition) is 2. The molecule has 1 aliphatic heterocycles. The van der Waals surface area contributed by atoms with E-state index in [1.807, 2.05) is 18.2 Å². The zero-order chi connectivity index (χ0) is 14.4. The van der Waals surface area contributed by atoms with E-state index in [2.05, 4.69) is 56.4 Å². The Kier molecular flexibility index (Phi) is 3.30. The van der Waals surface area contributed by atoms with Crippen molar-refractivity contribution in [2.75, 3.05) is 6.61 Å². The second kappa shape index (κ2) is 5.18. The van der Waals surface area contributed by atoms with Crippen LogP contribution in [0.2, 0.25) is 0 Å². The summed E-state index contributed by atoms with van der Waals surface area (Å²) in [5, 5.41) is 0. The number of para-hydroxylation sites is 1. The summed E-state index contributed by atoms with van der Waals surface area (Å²) in [6.07, 6.45) is 0. The SMILES string of the molecule is ClCc1nc2cc(I)ccc2n1C1COc2ccccc21. The summed E-state index contributed by atoms with van der Waals surface area (Å²) in [6.45, 7) is 0.626. The molecule has 1 aliphatic rings. The number of benzene rings is 2. The highest BCUT2D eigenvalue weighted by atomic mass is 127. The van der Waals surface area contributed by atoms with E-state index in [9.17, 15) is 0 Å². The van der Waals surface area contributed by atoms with Crippen molar-refractivity contribution >= 4 is 45.2 Å². The third-order valence-electron chi connectivity index (χ3n) is 3.83. The smallest absolute Gasteiger partial charge is 0.125 e. The number of imidazole rings is 1. The summed E-state index contributed by atoms with van der Waals surface area (Å²) in [7, 11) is 0. The lowest BCUT2D eigenvalue weighted by Crippen LogP contribution is -2.14. The van der Waals surface area contributed by atoms with Crippen molar-refractivity contribution < 1.29 is 4.74 Å². The Morgan fingerprint density at radius 1 is 1.29 bits per heavy atom. The van der Waals surface area contributed by atoms with Crippen LogP contribution >= 0.6 is 34.2 Å². The van der Waals surface area contributed by atoms with Crippen LogP contribution in [0.4, 0.5) is 0 Å². The average Bonchev–Trinajstić information content (AvgIpc) is 3.07. The largest absolute Gasteiger partial charge is 0.491 e. The molecule has 1 aromatic heterocycles. The molecule has 0 N–H and O–H groups in total. The molecule has 0 spiro atoms. The number of rotatable bonds is 2. The fourth-order valence-corrected chi connectivity index (χ4v) is 3.59. The Hall–Kier alpha value is -1.27. The first-order chi connectivity index (χ1) is 10.3. The zero-order valence-corrected chi connectivity index (χ0v) is 14.0. The molecule has 0 radical (unpaired) electrons. The third kappa shape index (κ3) is 2.12. The van der Waals surface area contributed by atoms with Gasteiger partial charge < -0.3 is 9.30 Å². The maximum Gasteiger partial charge on any atom is 0.125 e. The molecule has 0 aliphatic carbocycles. The quantitative estimate of drug-likeness (QED) is 0.464. The second-order valence-corrected chi connectivity index (χ2v) is 6.54. The van der Waals surface area contributed by atoms with Crippen LogP contribution in [0.25, 0.3) is 11.0 Å². The molecule has 1 atom stereocenters. The second-order valence-electron chi connectivity index (χ2n) is 5.03. The van der Waals surface area contributed by atoms with Gasteiger partial charge in [0, 0.05) is 9.13 Å². The van der Waals surface area contributed by atoms with Crippen LogP contribution in [0.1, 0.15) is 17.4 Å². The standard InChI is InChI=1S/C16H12ClIN2O/c17-8-16-19-12-7-10(18)5-6-13(12)20(16)14-9-21-15-4-2-1-3-11(14)15/h1-7,14H,8-9H2. The maximum absolute atomic E-state index is 6.12. The van der Waals surface area contributed by atoms with Crippen LogP contribution in [0, 0.1) is 3.57 Å². The van der Waals surface area contributed by atoms with Gasteiger partial charge in [0.2, 0.25) is 0 Å². The van der Waals surface area contributed by atoms with Gasteiger partial charge in [-0.05, 0) is 46.9 Å². The fourth-order valence-electron chi connectivity index (χ4n) is 2.92. The van der Waals surface area contributed by atoms with Gasteiger partial charge in [0.05, 0.1) is 23.0 Å². The van der Waals surface area contributed by atoms with Crippen LogP contribution in [-0.4, -0.2) is 16.2 Å². The van der Waals surface area contributed by atoms with Crippen LogP contribution in [0.5, 0.6) is 5.75 Å². The third-order valence-corrected chi connectivity index (χ3v) is 4.74. The molecular formula is C16H12ClIN2O. The molecule has 0 fully saturated rings. The summed E-state index contributed by atoms with van der Waals surface area (Å²) in [6, 6.07) is 14.6. The van der Waals surface area contributed by atoms with Gasteiger partial charge in [0.1, 0.15) is 18.2 Å². The molecule has 1 unspecified atom stereocenters. The van der Waals surface area contributed by atoms with Gasteiger partial charge in [-0.1, -0.05) is 18.2 Å². The first-order valence-corrected chi connectivity index (χ1v) is 8.33. The minimum absolute atomic E-state index is 0.139. The minimum atomic E-state index is 0.139. The number of fused-ring (bicyclic) bond motifs is 2. The van der Waals surface area contributed by atoms with E-state index in [0.29, 0.717) is 12.5 Å². The lowest BCUT2D eigenvalue weighted by molar-refractivity contribution is 0.317. The van der Waals surface area contributed by atoms with Crippen molar-refractivity contribution in [2.45, 2.75) is 11.9 Å². The van der Waals surface area contributed by atoms with E-state index in [0.717, 1.165) is 22.6 Å². The molecule has 106 valence electrons. The molecule has 0 amide bonds. The minimum Gasteiger partial charge on any atom is -0.491 e. The van der Waals surface area contributed by atoms with Crippen molar-refractivity contribution in [3.8, 4) is 5.75 Å². The van der Waals surface area contributed by atoms with Gasteiger partial charge in [0.25, 0.3) is 0 Å². The number of hydrogen-bond donors (Lipinski definition) is 0. The van der Waals surface area contributed by atoms with Crippen LogP contribution in [-0.2, 0) is 5.88 Å². The molecule has 21 heavy (non-hydrogen) atoms. The van der Waals surface area contributed by atoms with Crippen molar-refractivity contribution in [3.05, 3.63) is 57.4 Å². The Bertz CT molecular complexity index is 830. The Morgan fingerprint density at radius 2 is 2.14 bits per heavy atom. The van der Waals surface area contributed by atoms with E-state index in [-0.39, 0.29) is 6.04 Å². The van der Waals surface area contributed by atoms with E-state index in [1.165, 1.54) is 9.13 Å². The van der Waals surface area contributed by atoms with Gasteiger partial charge in [-0.2, -0.15) is 0 Å². The number of halogens is 2. The first-order valence-electron chi connectivity index (χ1n) is 6.72. The highest BCUT2D eigenvalue weighted by Crippen LogP contribution is 2.37. The van der Waals surface area contributed by atoms with E-state index >= 15 is 0 Å². The Morgan fingerprint density at radius 3 is 3.00 bits per heavy atom. The molecular weight excluding hydrogens is 399 g/mol. The van der Waals surface area contributed by atoms with E-state index in [1.54, 1.807) is 0 Å². The lowest BCUT2D eigenvalue weighted by Gasteiger charge is -2.15. The molecule has 0 bridgehead atoms. The highest BCUT2D eigenvalue weighted by molar-refractivity contribution is 14.1. The van der Waals surface area contributed by atoms with Crippen molar-refractivity contribution in [1.29, 1.82) is 0 Å². The Balaban J connectivity index is 1.94. The predicted molar refractivity (Wildman–Crippen MR) is 92.1 cm³/mol. The zero-order valence-electron chi connectivity index (χ0n) is 11.1. The topological polar surface area (TPSA) is 27.1 Å². The molecule has 3 nitrogen and oxygen atoms in total. The van der Waals surface area contributed by atoms with Gasteiger partial charge in [0.15, 0.2) is 0 Å². The molecule has 0 saturated heterocycles. The summed E-state index contributed by atoms with van der Waals surface area (Å²) in [4.78, 5) is 4.68. The number of alkyl halides is 1. The van der Waals surface area contributed by atoms with Crippen molar-refractivity contribution in [3.63, 3.8) is 0 Å². The van der Waals surface area contributed by atoms with E-state index < -0.39 is 0 Å². The van der Waals surface area contributed by atoms with Crippen LogP contribution in [0.15, 0.2) is 42.5 Å². The predicted octanol–water partition coefficient (Wildman–Crippen LogP) is 4.36. The van der Waals surface area contributed by atoms with Crippen LogP contribution in [0.3, 0.4) is 0 Å². The molecule has 4 rings (SSSR count). The molecule has 0 saturated carbocycles. The lowest BCUT2D eigenvalue weighted by atomic mass is 10.1. The highest BCUT2D eigenvalue weighted by Gasteiger charge is 2.28. The Labute approximate surface area is 141 Å². The molecule has 2 heterocycles. The number of aromatic nitrogens is 2. The number of nitrogens with zero attached hydrogens (tertiary/aromatic N) is 2. The summed E-state index contributed by atoms with van der Waals surface area (Å²) in [5.41, 5.74) is 3.29. The van der Waals surface area contributed by atoms with Gasteiger partial charge in [-0.25, -0.2) is 4.98 Å².